The second-order valence-corrected chi connectivity index (χ2v) is 6.44. The molecule has 1 aromatic rings. The molecule has 0 amide bonds. The van der Waals surface area contributed by atoms with Crippen molar-refractivity contribution >= 4 is 11.3 Å². The fourth-order valence-electron chi connectivity index (χ4n) is 1.71. The minimum Gasteiger partial charge on any atom is -0.389 e. The summed E-state index contributed by atoms with van der Waals surface area (Å²) in [5.74, 6) is 0. The van der Waals surface area contributed by atoms with Crippen LogP contribution >= 0.6 is 11.3 Å². The van der Waals surface area contributed by atoms with Crippen LogP contribution in [0.2, 0.25) is 0 Å². The second kappa shape index (κ2) is 10.2. The van der Waals surface area contributed by atoms with E-state index in [9.17, 15) is 5.11 Å². The van der Waals surface area contributed by atoms with Crippen molar-refractivity contribution in [3.8, 4) is 0 Å². The van der Waals surface area contributed by atoms with Crippen molar-refractivity contribution in [2.75, 3.05) is 26.4 Å². The third-order valence-corrected chi connectivity index (χ3v) is 4.26. The third kappa shape index (κ3) is 7.87. The lowest BCUT2D eigenvalue weighted by molar-refractivity contribution is -0.0104. The molecule has 0 aliphatic rings. The van der Waals surface area contributed by atoms with Crippen molar-refractivity contribution in [1.82, 2.24) is 10.3 Å². The van der Waals surface area contributed by atoms with Crippen LogP contribution in [0, 0.1) is 0 Å². The van der Waals surface area contributed by atoms with Gasteiger partial charge in [0, 0.05) is 17.6 Å². The lowest BCUT2D eigenvalue weighted by Crippen LogP contribution is -2.32. The van der Waals surface area contributed by atoms with Crippen molar-refractivity contribution in [1.29, 1.82) is 0 Å². The average Bonchev–Trinajstić information content (AvgIpc) is 2.93. The normalized spacial score (nSPS) is 14.6. The Labute approximate surface area is 131 Å². The van der Waals surface area contributed by atoms with E-state index in [0.29, 0.717) is 26.4 Å². The predicted molar refractivity (Wildman–Crippen MR) is 85.8 cm³/mol. The van der Waals surface area contributed by atoms with Crippen molar-refractivity contribution in [2.45, 2.75) is 52.4 Å². The Morgan fingerprint density at radius 3 is 2.71 bits per heavy atom. The van der Waals surface area contributed by atoms with Crippen LogP contribution in [0.15, 0.2) is 6.20 Å². The highest BCUT2D eigenvalue weighted by Gasteiger charge is 2.12. The summed E-state index contributed by atoms with van der Waals surface area (Å²) in [6.07, 6.45) is 2.63. The first-order valence-electron chi connectivity index (χ1n) is 7.58. The molecule has 0 saturated carbocycles. The molecule has 2 N–H and O–H groups in total. The van der Waals surface area contributed by atoms with E-state index < -0.39 is 6.10 Å². The molecule has 2 unspecified atom stereocenters. The largest absolute Gasteiger partial charge is 0.389 e. The van der Waals surface area contributed by atoms with Crippen LogP contribution in [0.4, 0.5) is 0 Å². The minimum atomic E-state index is -0.517. The maximum absolute atomic E-state index is 9.86. The molecule has 122 valence electrons. The Hall–Kier alpha value is -0.530. The number of rotatable bonds is 11. The van der Waals surface area contributed by atoms with E-state index in [1.54, 1.807) is 11.3 Å². The molecule has 5 nitrogen and oxygen atoms in total. The maximum atomic E-state index is 9.86. The monoisotopic (exact) mass is 316 g/mol. The zero-order valence-electron chi connectivity index (χ0n) is 13.5. The number of aliphatic hydroxyl groups excluding tert-OH is 1. The Balaban J connectivity index is 2.13. The van der Waals surface area contributed by atoms with E-state index >= 15 is 0 Å². The van der Waals surface area contributed by atoms with Crippen molar-refractivity contribution in [3.63, 3.8) is 0 Å². The first kappa shape index (κ1) is 18.5. The lowest BCUT2D eigenvalue weighted by atomic mass is 10.3. The number of nitrogens with zero attached hydrogens (tertiary/aromatic N) is 1. The predicted octanol–water partition coefficient (Wildman–Crippen LogP) is 2.16. The molecule has 2 atom stereocenters. The van der Waals surface area contributed by atoms with Gasteiger partial charge in [-0.2, -0.15) is 0 Å². The van der Waals surface area contributed by atoms with Crippen molar-refractivity contribution in [2.24, 2.45) is 0 Å². The van der Waals surface area contributed by atoms with Gasteiger partial charge in [-0.05, 0) is 27.2 Å². The molecule has 1 aromatic heterocycles. The molecule has 0 fully saturated rings. The van der Waals surface area contributed by atoms with E-state index in [1.807, 2.05) is 20.0 Å². The standard InChI is InChI=1S/C15H28N2O3S/c1-5-14-9-17-15(21-14)12(4)16-8-13(18)10-19-6-7-20-11(2)3/h9,11-13,16,18H,5-8,10H2,1-4H3. The fourth-order valence-corrected chi connectivity index (χ4v) is 2.59. The number of aryl methyl sites for hydroxylation is 1. The van der Waals surface area contributed by atoms with Crippen LogP contribution in [0.3, 0.4) is 0 Å². The van der Waals surface area contributed by atoms with Gasteiger partial charge in [-0.25, -0.2) is 4.98 Å². The van der Waals surface area contributed by atoms with Crippen LogP contribution in [0.1, 0.15) is 43.6 Å². The number of hydrogen-bond acceptors (Lipinski definition) is 6. The van der Waals surface area contributed by atoms with Gasteiger partial charge < -0.3 is 19.9 Å². The highest BCUT2D eigenvalue weighted by atomic mass is 32.1. The zero-order chi connectivity index (χ0) is 15.7. The molecule has 0 saturated heterocycles. The van der Waals surface area contributed by atoms with Gasteiger partial charge >= 0.3 is 0 Å². The van der Waals surface area contributed by atoms with E-state index in [-0.39, 0.29) is 12.1 Å². The van der Waals surface area contributed by atoms with E-state index in [1.165, 1.54) is 4.88 Å². The highest BCUT2D eigenvalue weighted by molar-refractivity contribution is 7.11. The smallest absolute Gasteiger partial charge is 0.109 e. The molecule has 1 heterocycles. The van der Waals surface area contributed by atoms with Crippen LogP contribution < -0.4 is 5.32 Å². The summed E-state index contributed by atoms with van der Waals surface area (Å²) in [6.45, 7) is 10.0. The molecule has 1 rings (SSSR count). The molecule has 0 aromatic carbocycles. The Kier molecular flexibility index (Phi) is 9.03. The van der Waals surface area contributed by atoms with E-state index in [4.69, 9.17) is 9.47 Å². The summed E-state index contributed by atoms with van der Waals surface area (Å²) in [5, 5.41) is 14.2. The van der Waals surface area contributed by atoms with Crippen LogP contribution in [-0.4, -0.2) is 48.7 Å². The number of aliphatic hydroxyl groups is 1. The Morgan fingerprint density at radius 1 is 1.33 bits per heavy atom. The molecular weight excluding hydrogens is 288 g/mol. The fraction of sp³-hybridized carbons (Fsp3) is 0.800. The SMILES string of the molecule is CCc1cnc(C(C)NCC(O)COCCOC(C)C)s1. The molecule has 21 heavy (non-hydrogen) atoms. The van der Waals surface area contributed by atoms with Gasteiger partial charge in [0.25, 0.3) is 0 Å². The molecule has 6 heteroatoms. The first-order valence-corrected chi connectivity index (χ1v) is 8.40. The van der Waals surface area contributed by atoms with E-state index in [0.717, 1.165) is 11.4 Å². The van der Waals surface area contributed by atoms with Crippen LogP contribution in [0.25, 0.3) is 0 Å². The number of thiazole rings is 1. The summed E-state index contributed by atoms with van der Waals surface area (Å²) in [4.78, 5) is 5.68. The molecule has 0 spiro atoms. The summed E-state index contributed by atoms with van der Waals surface area (Å²) >= 11 is 1.72. The zero-order valence-corrected chi connectivity index (χ0v) is 14.3. The highest BCUT2D eigenvalue weighted by Crippen LogP contribution is 2.19. The van der Waals surface area contributed by atoms with Crippen molar-refractivity contribution in [3.05, 3.63) is 16.1 Å². The summed E-state index contributed by atoms with van der Waals surface area (Å²) < 4.78 is 10.7. The number of ether oxygens (including phenoxy) is 2. The minimum absolute atomic E-state index is 0.147. The van der Waals surface area contributed by atoms with E-state index in [2.05, 4.69) is 24.1 Å². The first-order chi connectivity index (χ1) is 10.0. The van der Waals surface area contributed by atoms with Crippen molar-refractivity contribution < 1.29 is 14.6 Å². The molecular formula is C15H28N2O3S. The number of hydrogen-bond donors (Lipinski definition) is 2. The topological polar surface area (TPSA) is 63.6 Å². The van der Waals surface area contributed by atoms with Gasteiger partial charge in [-0.3, -0.25) is 0 Å². The summed E-state index contributed by atoms with van der Waals surface area (Å²) in [7, 11) is 0. The average molecular weight is 316 g/mol. The van der Waals surface area contributed by atoms with Gasteiger partial charge in [-0.1, -0.05) is 6.92 Å². The van der Waals surface area contributed by atoms with Gasteiger partial charge in [0.15, 0.2) is 0 Å². The third-order valence-electron chi connectivity index (χ3n) is 2.94. The Bertz CT molecular complexity index is 385. The van der Waals surface area contributed by atoms with Gasteiger partial charge in [0.1, 0.15) is 5.01 Å². The quantitative estimate of drug-likeness (QED) is 0.613. The number of aromatic nitrogens is 1. The van der Waals surface area contributed by atoms with Gasteiger partial charge in [0.2, 0.25) is 0 Å². The maximum Gasteiger partial charge on any atom is 0.109 e. The van der Waals surface area contributed by atoms with Crippen LogP contribution in [-0.2, 0) is 15.9 Å². The van der Waals surface area contributed by atoms with Gasteiger partial charge in [-0.15, -0.1) is 11.3 Å². The number of nitrogens with one attached hydrogen (secondary N) is 1. The summed E-state index contributed by atoms with van der Waals surface area (Å²) in [5.41, 5.74) is 0. The van der Waals surface area contributed by atoms with Gasteiger partial charge in [0.05, 0.1) is 38.1 Å². The molecule has 0 radical (unpaired) electrons. The molecule has 0 bridgehead atoms. The molecule has 0 aliphatic heterocycles. The second-order valence-electron chi connectivity index (χ2n) is 5.30. The van der Waals surface area contributed by atoms with Crippen LogP contribution in [0.5, 0.6) is 0 Å². The lowest BCUT2D eigenvalue weighted by Gasteiger charge is -2.16. The molecule has 0 aliphatic carbocycles. The Morgan fingerprint density at radius 2 is 2.10 bits per heavy atom. The summed E-state index contributed by atoms with van der Waals surface area (Å²) in [6, 6.07) is 0.147.